The Bertz CT molecular complexity index is 440. The highest BCUT2D eigenvalue weighted by Gasteiger charge is 2.31. The van der Waals surface area contributed by atoms with Crippen molar-refractivity contribution >= 4 is 18.4 Å². The van der Waals surface area contributed by atoms with E-state index in [2.05, 4.69) is 4.74 Å². The number of carbonyl (C=O) groups excluding carboxylic acids is 1. The number of nitrogens with two attached hydrogens (primary N) is 1. The summed E-state index contributed by atoms with van der Waals surface area (Å²) in [7, 11) is 0. The Morgan fingerprint density at radius 1 is 1.40 bits per heavy atom. The van der Waals surface area contributed by atoms with Gasteiger partial charge in [0, 0.05) is 6.04 Å². The molecule has 0 unspecified atom stereocenters. The number of esters is 1. The molecule has 0 aliphatic rings. The summed E-state index contributed by atoms with van der Waals surface area (Å²) in [5.74, 6) is -0.874. The van der Waals surface area contributed by atoms with Gasteiger partial charge < -0.3 is 15.2 Å². The van der Waals surface area contributed by atoms with Crippen molar-refractivity contribution in [2.75, 3.05) is 6.61 Å². The van der Waals surface area contributed by atoms with Gasteiger partial charge in [0.05, 0.1) is 13.0 Å². The van der Waals surface area contributed by atoms with Crippen LogP contribution >= 0.6 is 12.4 Å². The third kappa shape index (κ3) is 6.63. The van der Waals surface area contributed by atoms with Gasteiger partial charge in [-0.15, -0.1) is 25.6 Å². The molecular formula is C12H15ClF3NO3. The lowest BCUT2D eigenvalue weighted by atomic mass is 10.0. The molecule has 0 bridgehead atoms. The molecule has 2 N–H and O–H groups in total. The van der Waals surface area contributed by atoms with E-state index in [1.54, 1.807) is 6.92 Å². The minimum Gasteiger partial charge on any atom is -0.466 e. The zero-order valence-corrected chi connectivity index (χ0v) is 11.5. The van der Waals surface area contributed by atoms with Crippen LogP contribution in [0.1, 0.15) is 24.9 Å². The minimum absolute atomic E-state index is 0. The predicted octanol–water partition coefficient (Wildman–Crippen LogP) is 2.96. The summed E-state index contributed by atoms with van der Waals surface area (Å²) in [5, 5.41) is 0. The standard InChI is InChI=1S/C12H14F3NO3.ClH/c1-2-18-11(17)7-10(16)8-4-3-5-9(6-8)19-12(13,14)15;/h3-6,10H,2,7,16H2,1H3;1H/t10-;/m1./s1. The van der Waals surface area contributed by atoms with Gasteiger partial charge in [0.15, 0.2) is 0 Å². The van der Waals surface area contributed by atoms with Crippen molar-refractivity contribution in [1.82, 2.24) is 0 Å². The minimum atomic E-state index is -4.76. The van der Waals surface area contributed by atoms with Gasteiger partial charge in [-0.1, -0.05) is 12.1 Å². The number of rotatable bonds is 5. The van der Waals surface area contributed by atoms with E-state index in [4.69, 9.17) is 10.5 Å². The Kier molecular flexibility index (Phi) is 7.38. The zero-order valence-electron chi connectivity index (χ0n) is 10.6. The molecule has 0 radical (unpaired) electrons. The van der Waals surface area contributed by atoms with Gasteiger partial charge in [0.2, 0.25) is 0 Å². The molecule has 0 spiro atoms. The van der Waals surface area contributed by atoms with Crippen LogP contribution in [0.3, 0.4) is 0 Å². The molecule has 0 fully saturated rings. The molecule has 0 aliphatic heterocycles. The molecule has 0 saturated carbocycles. The van der Waals surface area contributed by atoms with Gasteiger partial charge >= 0.3 is 12.3 Å². The lowest BCUT2D eigenvalue weighted by Gasteiger charge is -2.14. The number of ether oxygens (including phenoxy) is 2. The summed E-state index contributed by atoms with van der Waals surface area (Å²) in [4.78, 5) is 11.2. The molecule has 0 saturated heterocycles. The van der Waals surface area contributed by atoms with Crippen LogP contribution < -0.4 is 10.5 Å². The zero-order chi connectivity index (χ0) is 14.5. The highest BCUT2D eigenvalue weighted by atomic mass is 35.5. The summed E-state index contributed by atoms with van der Waals surface area (Å²) in [6.07, 6.45) is -4.87. The average molecular weight is 314 g/mol. The summed E-state index contributed by atoms with van der Waals surface area (Å²) < 4.78 is 44.7. The summed E-state index contributed by atoms with van der Waals surface area (Å²) in [6, 6.07) is 4.47. The van der Waals surface area contributed by atoms with Crippen LogP contribution in [-0.2, 0) is 9.53 Å². The van der Waals surface area contributed by atoms with Gasteiger partial charge in [-0.2, -0.15) is 0 Å². The first-order valence-electron chi connectivity index (χ1n) is 5.58. The van der Waals surface area contributed by atoms with E-state index >= 15 is 0 Å². The molecule has 0 aromatic heterocycles. The Hall–Kier alpha value is -1.47. The van der Waals surface area contributed by atoms with Crippen LogP contribution in [0.5, 0.6) is 5.75 Å². The maximum atomic E-state index is 12.1. The fourth-order valence-corrected chi connectivity index (χ4v) is 1.46. The summed E-state index contributed by atoms with van der Waals surface area (Å²) in [5.41, 5.74) is 6.09. The van der Waals surface area contributed by atoms with Crippen LogP contribution in [0.25, 0.3) is 0 Å². The number of hydrogen-bond donors (Lipinski definition) is 1. The predicted molar refractivity (Wildman–Crippen MR) is 68.6 cm³/mol. The van der Waals surface area contributed by atoms with E-state index in [0.29, 0.717) is 5.56 Å². The van der Waals surface area contributed by atoms with E-state index in [0.717, 1.165) is 12.1 Å². The van der Waals surface area contributed by atoms with Gasteiger partial charge in [-0.05, 0) is 24.6 Å². The first kappa shape index (κ1) is 18.5. The lowest BCUT2D eigenvalue weighted by Crippen LogP contribution is -2.19. The molecule has 8 heteroatoms. The number of halogens is 4. The van der Waals surface area contributed by atoms with E-state index in [9.17, 15) is 18.0 Å². The maximum absolute atomic E-state index is 12.1. The average Bonchev–Trinajstić information content (AvgIpc) is 2.27. The van der Waals surface area contributed by atoms with Gasteiger partial charge in [0.25, 0.3) is 0 Å². The van der Waals surface area contributed by atoms with Gasteiger partial charge in [-0.3, -0.25) is 4.79 Å². The van der Waals surface area contributed by atoms with E-state index in [-0.39, 0.29) is 31.2 Å². The third-order valence-electron chi connectivity index (χ3n) is 2.21. The molecule has 4 nitrogen and oxygen atoms in total. The van der Waals surface area contributed by atoms with E-state index in [1.807, 2.05) is 0 Å². The second kappa shape index (κ2) is 7.96. The molecule has 0 amide bonds. The van der Waals surface area contributed by atoms with Crippen molar-refractivity contribution in [3.05, 3.63) is 29.8 Å². The van der Waals surface area contributed by atoms with Crippen LogP contribution in [-0.4, -0.2) is 18.9 Å². The molecule has 1 aromatic carbocycles. The smallest absolute Gasteiger partial charge is 0.466 e. The highest BCUT2D eigenvalue weighted by molar-refractivity contribution is 5.85. The Labute approximate surface area is 120 Å². The molecule has 1 rings (SSSR count). The molecule has 1 atom stereocenters. The topological polar surface area (TPSA) is 61.5 Å². The second-order valence-electron chi connectivity index (χ2n) is 3.74. The molecular weight excluding hydrogens is 299 g/mol. The third-order valence-corrected chi connectivity index (χ3v) is 2.21. The Morgan fingerprint density at radius 3 is 2.60 bits per heavy atom. The summed E-state index contributed by atoms with van der Waals surface area (Å²) in [6.45, 7) is 1.88. The van der Waals surface area contributed by atoms with Crippen molar-refractivity contribution in [3.8, 4) is 5.75 Å². The van der Waals surface area contributed by atoms with Crippen LogP contribution in [0, 0.1) is 0 Å². The molecule has 114 valence electrons. The van der Waals surface area contributed by atoms with Crippen molar-refractivity contribution in [2.24, 2.45) is 5.73 Å². The normalized spacial score (nSPS) is 12.2. The number of hydrogen-bond acceptors (Lipinski definition) is 4. The number of carbonyl (C=O) groups is 1. The molecule has 0 heterocycles. The SMILES string of the molecule is CCOC(=O)C[C@@H](N)c1cccc(OC(F)(F)F)c1.Cl. The van der Waals surface area contributed by atoms with Crippen molar-refractivity contribution in [3.63, 3.8) is 0 Å². The lowest BCUT2D eigenvalue weighted by molar-refractivity contribution is -0.274. The molecule has 1 aromatic rings. The number of benzene rings is 1. The Morgan fingerprint density at radius 2 is 2.05 bits per heavy atom. The van der Waals surface area contributed by atoms with Crippen molar-refractivity contribution in [1.29, 1.82) is 0 Å². The molecule has 0 aliphatic carbocycles. The second-order valence-corrected chi connectivity index (χ2v) is 3.74. The fraction of sp³-hybridized carbons (Fsp3) is 0.417. The van der Waals surface area contributed by atoms with Gasteiger partial charge in [-0.25, -0.2) is 0 Å². The Balaban J connectivity index is 0.00000361. The van der Waals surface area contributed by atoms with Crippen LogP contribution in [0.2, 0.25) is 0 Å². The monoisotopic (exact) mass is 313 g/mol. The molecule has 20 heavy (non-hydrogen) atoms. The highest BCUT2D eigenvalue weighted by Crippen LogP contribution is 2.25. The van der Waals surface area contributed by atoms with Crippen molar-refractivity contribution in [2.45, 2.75) is 25.7 Å². The first-order valence-corrected chi connectivity index (χ1v) is 5.58. The largest absolute Gasteiger partial charge is 0.573 e. The van der Waals surface area contributed by atoms with E-state index in [1.165, 1.54) is 12.1 Å². The van der Waals surface area contributed by atoms with Crippen LogP contribution in [0.4, 0.5) is 13.2 Å². The fourth-order valence-electron chi connectivity index (χ4n) is 1.46. The first-order chi connectivity index (χ1) is 8.81. The maximum Gasteiger partial charge on any atom is 0.573 e. The van der Waals surface area contributed by atoms with E-state index < -0.39 is 18.4 Å². The van der Waals surface area contributed by atoms with Crippen molar-refractivity contribution < 1.29 is 27.4 Å². The van der Waals surface area contributed by atoms with Gasteiger partial charge in [0.1, 0.15) is 5.75 Å². The summed E-state index contributed by atoms with van der Waals surface area (Å²) >= 11 is 0. The van der Waals surface area contributed by atoms with Crippen LogP contribution in [0.15, 0.2) is 24.3 Å². The quantitative estimate of drug-likeness (QED) is 0.849. The number of alkyl halides is 3.